The highest BCUT2D eigenvalue weighted by atomic mass is 79.9. The Balaban J connectivity index is 2.28. The number of hydrogen-bond donors (Lipinski definition) is 0. The number of benzene rings is 2. The molecule has 0 N–H and O–H groups in total. The fraction of sp³-hybridized carbons (Fsp3) is 0.200. The third-order valence-corrected chi connectivity index (χ3v) is 3.13. The number of alkyl halides is 1. The highest BCUT2D eigenvalue weighted by Gasteiger charge is 2.10. The second-order valence-electron chi connectivity index (χ2n) is 3.87. The molecule has 2 nitrogen and oxygen atoms in total. The van der Waals surface area contributed by atoms with Gasteiger partial charge in [-0.2, -0.15) is 0 Å². The largest absolute Gasteiger partial charge is 0.494 e. The lowest BCUT2D eigenvalue weighted by atomic mass is 10.2. The van der Waals surface area contributed by atoms with E-state index in [9.17, 15) is 4.39 Å². The maximum atomic E-state index is 13.8. The molecule has 0 radical (unpaired) electrons. The van der Waals surface area contributed by atoms with E-state index in [1.54, 1.807) is 18.2 Å². The highest BCUT2D eigenvalue weighted by Crippen LogP contribution is 2.31. The Bertz CT molecular complexity index is 558. The predicted molar refractivity (Wildman–Crippen MR) is 76.7 cm³/mol. The zero-order chi connectivity index (χ0) is 13.7. The molecule has 2 rings (SSSR count). The van der Waals surface area contributed by atoms with Crippen molar-refractivity contribution in [1.82, 2.24) is 0 Å². The van der Waals surface area contributed by atoms with Crippen molar-refractivity contribution in [1.29, 1.82) is 0 Å². The Morgan fingerprint density at radius 3 is 2.58 bits per heavy atom. The highest BCUT2D eigenvalue weighted by molar-refractivity contribution is 9.08. The zero-order valence-corrected chi connectivity index (χ0v) is 12.1. The van der Waals surface area contributed by atoms with Crippen LogP contribution >= 0.6 is 15.9 Å². The van der Waals surface area contributed by atoms with Gasteiger partial charge in [0.05, 0.1) is 6.61 Å². The van der Waals surface area contributed by atoms with E-state index in [1.165, 1.54) is 6.07 Å². The third-order valence-electron chi connectivity index (χ3n) is 2.53. The Hall–Kier alpha value is -1.55. The summed E-state index contributed by atoms with van der Waals surface area (Å²) in [5, 5.41) is 0.533. The minimum absolute atomic E-state index is 0.244. The second kappa shape index (κ2) is 6.57. The van der Waals surface area contributed by atoms with E-state index in [0.29, 0.717) is 23.4 Å². The maximum Gasteiger partial charge on any atom is 0.167 e. The Morgan fingerprint density at radius 1 is 1.11 bits per heavy atom. The van der Waals surface area contributed by atoms with E-state index >= 15 is 0 Å². The average molecular weight is 325 g/mol. The molecule has 4 heteroatoms. The average Bonchev–Trinajstić information content (AvgIpc) is 2.42. The molecule has 0 aliphatic heterocycles. The standard InChI is InChI=1S/C15H14BrFO2/c1-2-18-12-6-4-7-13(9-12)19-15-11(10-16)5-3-8-14(15)17/h3-9H,2,10H2,1H3. The molecule has 0 saturated carbocycles. The summed E-state index contributed by atoms with van der Waals surface area (Å²) in [6.45, 7) is 2.49. The first-order valence-electron chi connectivity index (χ1n) is 5.98. The molecular formula is C15H14BrFO2. The SMILES string of the molecule is CCOc1cccc(Oc2c(F)cccc2CBr)c1. The van der Waals surface area contributed by atoms with E-state index in [2.05, 4.69) is 15.9 Å². The van der Waals surface area contributed by atoms with Gasteiger partial charge in [0.1, 0.15) is 11.5 Å². The lowest BCUT2D eigenvalue weighted by molar-refractivity contribution is 0.337. The molecule has 0 heterocycles. The van der Waals surface area contributed by atoms with Gasteiger partial charge in [0.25, 0.3) is 0 Å². The van der Waals surface area contributed by atoms with Crippen molar-refractivity contribution in [3.63, 3.8) is 0 Å². The summed E-state index contributed by atoms with van der Waals surface area (Å²) >= 11 is 3.32. The first kappa shape index (κ1) is 13.9. The van der Waals surface area contributed by atoms with Gasteiger partial charge in [-0.25, -0.2) is 4.39 Å². The summed E-state index contributed by atoms with van der Waals surface area (Å²) in [5.74, 6) is 1.13. The van der Waals surface area contributed by atoms with Crippen LogP contribution < -0.4 is 9.47 Å². The van der Waals surface area contributed by atoms with Gasteiger partial charge in [-0.3, -0.25) is 0 Å². The first-order chi connectivity index (χ1) is 9.24. The van der Waals surface area contributed by atoms with Gasteiger partial charge >= 0.3 is 0 Å². The molecule has 0 aromatic heterocycles. The summed E-state index contributed by atoms with van der Waals surface area (Å²) in [5.41, 5.74) is 0.766. The lowest BCUT2D eigenvalue weighted by Crippen LogP contribution is -1.95. The summed E-state index contributed by atoms with van der Waals surface area (Å²) in [7, 11) is 0. The van der Waals surface area contributed by atoms with Crippen molar-refractivity contribution >= 4 is 15.9 Å². The van der Waals surface area contributed by atoms with Gasteiger partial charge in [-0.1, -0.05) is 34.1 Å². The van der Waals surface area contributed by atoms with Crippen molar-refractivity contribution in [2.24, 2.45) is 0 Å². The minimum atomic E-state index is -0.376. The molecule has 19 heavy (non-hydrogen) atoms. The fourth-order valence-corrected chi connectivity index (χ4v) is 2.13. The molecule has 0 bridgehead atoms. The van der Waals surface area contributed by atoms with Crippen LogP contribution in [0.4, 0.5) is 4.39 Å². The van der Waals surface area contributed by atoms with Crippen LogP contribution in [0.5, 0.6) is 17.2 Å². The predicted octanol–water partition coefficient (Wildman–Crippen LogP) is 4.91. The van der Waals surface area contributed by atoms with Crippen LogP contribution in [0.1, 0.15) is 12.5 Å². The van der Waals surface area contributed by atoms with Crippen LogP contribution in [0.3, 0.4) is 0 Å². The van der Waals surface area contributed by atoms with Crippen LogP contribution in [-0.4, -0.2) is 6.61 Å². The van der Waals surface area contributed by atoms with Crippen molar-refractivity contribution in [3.05, 3.63) is 53.8 Å². The maximum absolute atomic E-state index is 13.8. The van der Waals surface area contributed by atoms with Gasteiger partial charge in [-0.05, 0) is 25.1 Å². The van der Waals surface area contributed by atoms with Gasteiger partial charge in [0, 0.05) is 17.0 Å². The molecule has 2 aromatic carbocycles. The molecule has 2 aromatic rings. The number of para-hydroxylation sites is 1. The van der Waals surface area contributed by atoms with Crippen molar-refractivity contribution in [2.75, 3.05) is 6.61 Å². The van der Waals surface area contributed by atoms with E-state index in [0.717, 1.165) is 5.56 Å². The molecule has 0 aliphatic carbocycles. The normalized spacial score (nSPS) is 10.3. The molecule has 0 spiro atoms. The van der Waals surface area contributed by atoms with E-state index in [1.807, 2.05) is 25.1 Å². The fourth-order valence-electron chi connectivity index (χ4n) is 1.69. The quantitative estimate of drug-likeness (QED) is 0.727. The monoisotopic (exact) mass is 324 g/mol. The van der Waals surface area contributed by atoms with E-state index in [4.69, 9.17) is 9.47 Å². The van der Waals surface area contributed by atoms with E-state index < -0.39 is 0 Å². The van der Waals surface area contributed by atoms with Crippen LogP contribution in [0, 0.1) is 5.82 Å². The number of halogens is 2. The molecule has 100 valence electrons. The second-order valence-corrected chi connectivity index (χ2v) is 4.43. The van der Waals surface area contributed by atoms with Crippen LogP contribution in [0.15, 0.2) is 42.5 Å². The van der Waals surface area contributed by atoms with Crippen molar-refractivity contribution in [3.8, 4) is 17.2 Å². The summed E-state index contributed by atoms with van der Waals surface area (Å²) in [4.78, 5) is 0. The molecular weight excluding hydrogens is 311 g/mol. The lowest BCUT2D eigenvalue weighted by Gasteiger charge is -2.11. The topological polar surface area (TPSA) is 18.5 Å². The zero-order valence-electron chi connectivity index (χ0n) is 10.5. The van der Waals surface area contributed by atoms with Gasteiger partial charge in [-0.15, -0.1) is 0 Å². The third kappa shape index (κ3) is 3.47. The molecule has 0 aliphatic rings. The molecule has 0 amide bonds. The summed E-state index contributed by atoms with van der Waals surface area (Å²) in [6.07, 6.45) is 0. The van der Waals surface area contributed by atoms with E-state index in [-0.39, 0.29) is 11.6 Å². The smallest absolute Gasteiger partial charge is 0.167 e. The molecule has 0 atom stereocenters. The Labute approximate surface area is 120 Å². The molecule has 0 unspecified atom stereocenters. The number of rotatable bonds is 5. The Morgan fingerprint density at radius 2 is 1.84 bits per heavy atom. The van der Waals surface area contributed by atoms with Crippen LogP contribution in [-0.2, 0) is 5.33 Å². The Kier molecular flexibility index (Phi) is 4.80. The van der Waals surface area contributed by atoms with Crippen LogP contribution in [0.2, 0.25) is 0 Å². The van der Waals surface area contributed by atoms with Gasteiger partial charge in [0.2, 0.25) is 0 Å². The van der Waals surface area contributed by atoms with Crippen LogP contribution in [0.25, 0.3) is 0 Å². The van der Waals surface area contributed by atoms with Crippen molar-refractivity contribution in [2.45, 2.75) is 12.3 Å². The van der Waals surface area contributed by atoms with Crippen molar-refractivity contribution < 1.29 is 13.9 Å². The van der Waals surface area contributed by atoms with Gasteiger partial charge in [0.15, 0.2) is 11.6 Å². The first-order valence-corrected chi connectivity index (χ1v) is 7.10. The minimum Gasteiger partial charge on any atom is -0.494 e. The van der Waals surface area contributed by atoms with Gasteiger partial charge < -0.3 is 9.47 Å². The summed E-state index contributed by atoms with van der Waals surface area (Å²) in [6, 6.07) is 12.0. The molecule has 0 fully saturated rings. The molecule has 0 saturated heterocycles. The number of hydrogen-bond acceptors (Lipinski definition) is 2. The summed E-state index contributed by atoms with van der Waals surface area (Å²) < 4.78 is 24.8. The number of ether oxygens (including phenoxy) is 2.